The molecule has 4 nitrogen and oxygen atoms in total. The maximum atomic E-state index is 6.50. The molecule has 0 spiro atoms. The van der Waals surface area contributed by atoms with Gasteiger partial charge in [0.1, 0.15) is 0 Å². The third kappa shape index (κ3) is 2.82. The lowest BCUT2D eigenvalue weighted by atomic mass is 9.90. The second kappa shape index (κ2) is 6.23. The highest BCUT2D eigenvalue weighted by Crippen LogP contribution is 2.48. The summed E-state index contributed by atoms with van der Waals surface area (Å²) in [6.45, 7) is 5.42. The fraction of sp³-hybridized carbons (Fsp3) is 0.350. The number of hydrogen-bond donors (Lipinski definition) is 1. The summed E-state index contributed by atoms with van der Waals surface area (Å²) in [5.74, 6) is 1.63. The average molecular weight is 354 g/mol. The van der Waals surface area contributed by atoms with Gasteiger partial charge in [-0.1, -0.05) is 42.5 Å². The molecule has 2 aliphatic heterocycles. The van der Waals surface area contributed by atoms with Crippen molar-refractivity contribution in [3.63, 3.8) is 0 Å². The van der Waals surface area contributed by atoms with Crippen molar-refractivity contribution in [2.75, 3.05) is 6.61 Å². The molecule has 2 bridgehead atoms. The second-order valence-electron chi connectivity index (χ2n) is 6.66. The predicted molar refractivity (Wildman–Crippen MR) is 102 cm³/mol. The summed E-state index contributed by atoms with van der Waals surface area (Å²) in [5, 5.41) is 4.22. The van der Waals surface area contributed by atoms with Gasteiger partial charge in [0.15, 0.2) is 22.3 Å². The molecule has 2 aromatic rings. The number of nitrogens with one attached hydrogen (secondary N) is 1. The number of ether oxygens (including phenoxy) is 2. The summed E-state index contributed by atoms with van der Waals surface area (Å²) in [4.78, 5) is 2.14. The largest absolute Gasteiger partial charge is 0.490 e. The molecule has 2 aliphatic rings. The number of para-hydroxylation sites is 1. The molecule has 2 aromatic carbocycles. The molecule has 0 aromatic heterocycles. The zero-order valence-corrected chi connectivity index (χ0v) is 15.3. The third-order valence-corrected chi connectivity index (χ3v) is 5.23. The molecule has 0 radical (unpaired) electrons. The molecule has 0 aliphatic carbocycles. The maximum absolute atomic E-state index is 6.50. The van der Waals surface area contributed by atoms with E-state index in [-0.39, 0.29) is 6.04 Å². The summed E-state index contributed by atoms with van der Waals surface area (Å²) >= 11 is 5.67. The van der Waals surface area contributed by atoms with Crippen molar-refractivity contribution >= 4 is 17.3 Å². The van der Waals surface area contributed by atoms with Crippen LogP contribution in [0.4, 0.5) is 0 Å². The fourth-order valence-corrected chi connectivity index (χ4v) is 4.08. The van der Waals surface area contributed by atoms with E-state index >= 15 is 0 Å². The molecule has 25 heavy (non-hydrogen) atoms. The first-order valence-electron chi connectivity index (χ1n) is 8.67. The Bertz CT molecular complexity index is 796. The number of thiocarbonyl (C=S) groups is 1. The molecule has 4 rings (SSSR count). The molecular weight excluding hydrogens is 332 g/mol. The van der Waals surface area contributed by atoms with Gasteiger partial charge in [-0.15, -0.1) is 0 Å². The first kappa shape index (κ1) is 16.2. The number of nitrogens with zero attached hydrogens (tertiary/aromatic N) is 1. The van der Waals surface area contributed by atoms with Gasteiger partial charge in [0.05, 0.1) is 12.6 Å². The first-order chi connectivity index (χ1) is 12.1. The maximum Gasteiger partial charge on any atom is 0.184 e. The van der Waals surface area contributed by atoms with E-state index < -0.39 is 5.72 Å². The van der Waals surface area contributed by atoms with Crippen molar-refractivity contribution in [2.24, 2.45) is 0 Å². The quantitative estimate of drug-likeness (QED) is 0.839. The summed E-state index contributed by atoms with van der Waals surface area (Å²) in [6, 6.07) is 16.6. The van der Waals surface area contributed by atoms with Gasteiger partial charge in [0, 0.05) is 18.5 Å². The van der Waals surface area contributed by atoms with E-state index in [4.69, 9.17) is 21.7 Å². The minimum atomic E-state index is -0.497. The third-order valence-electron chi connectivity index (χ3n) is 4.89. The van der Waals surface area contributed by atoms with Crippen molar-refractivity contribution in [2.45, 2.75) is 38.6 Å². The minimum Gasteiger partial charge on any atom is -0.490 e. The zero-order chi connectivity index (χ0) is 17.4. The molecular formula is C20H22N2O2S. The second-order valence-corrected chi connectivity index (χ2v) is 7.05. The summed E-state index contributed by atoms with van der Waals surface area (Å²) in [5.41, 5.74) is 1.83. The Morgan fingerprint density at radius 1 is 1.24 bits per heavy atom. The van der Waals surface area contributed by atoms with Crippen molar-refractivity contribution in [3.05, 3.63) is 59.7 Å². The van der Waals surface area contributed by atoms with Crippen molar-refractivity contribution in [3.8, 4) is 11.5 Å². The van der Waals surface area contributed by atoms with Gasteiger partial charge in [-0.3, -0.25) is 0 Å². The molecule has 130 valence electrons. The van der Waals surface area contributed by atoms with E-state index in [0.717, 1.165) is 28.6 Å². The van der Waals surface area contributed by atoms with Crippen LogP contribution in [0.2, 0.25) is 0 Å². The highest BCUT2D eigenvalue weighted by molar-refractivity contribution is 7.80. The van der Waals surface area contributed by atoms with Crippen LogP contribution in [0.1, 0.15) is 37.4 Å². The number of rotatable bonds is 4. The van der Waals surface area contributed by atoms with E-state index in [1.54, 1.807) is 0 Å². The molecule has 2 atom stereocenters. The van der Waals surface area contributed by atoms with E-state index in [9.17, 15) is 0 Å². The van der Waals surface area contributed by atoms with Crippen molar-refractivity contribution in [1.29, 1.82) is 0 Å². The van der Waals surface area contributed by atoms with E-state index in [2.05, 4.69) is 35.3 Å². The smallest absolute Gasteiger partial charge is 0.184 e. The Kier molecular flexibility index (Phi) is 4.04. The Labute approximate surface area is 153 Å². The van der Waals surface area contributed by atoms with Gasteiger partial charge in [0.2, 0.25) is 0 Å². The van der Waals surface area contributed by atoms with Crippen molar-refractivity contribution in [1.82, 2.24) is 10.2 Å². The van der Waals surface area contributed by atoms with Gasteiger partial charge >= 0.3 is 0 Å². The van der Waals surface area contributed by atoms with Crippen LogP contribution in [0.3, 0.4) is 0 Å². The standard InChI is InChI=1S/C20H22N2O2S/c1-3-23-17-11-7-10-15-16-12-20(2,24-18(15)17)22(19(25)21-16)13-14-8-5-4-6-9-14/h4-11,16H,3,12-13H2,1-2H3,(H,21,25)/t16-,20-/m1/s1. The van der Waals surface area contributed by atoms with Crippen LogP contribution >= 0.6 is 12.2 Å². The zero-order valence-electron chi connectivity index (χ0n) is 14.5. The summed E-state index contributed by atoms with van der Waals surface area (Å²) < 4.78 is 12.3. The SMILES string of the molecule is CCOc1cccc2c1O[C@]1(C)C[C@H]2NC(=S)N1Cc1ccccc1. The summed E-state index contributed by atoms with van der Waals surface area (Å²) in [6.07, 6.45) is 0.836. The molecule has 2 heterocycles. The molecule has 0 unspecified atom stereocenters. The Hall–Kier alpha value is -2.27. The minimum absolute atomic E-state index is 0.147. The van der Waals surface area contributed by atoms with E-state index in [0.29, 0.717) is 13.2 Å². The molecule has 0 saturated carbocycles. The monoisotopic (exact) mass is 354 g/mol. The van der Waals surface area contributed by atoms with Gasteiger partial charge < -0.3 is 19.7 Å². The number of hydrogen-bond acceptors (Lipinski definition) is 3. The molecule has 1 fully saturated rings. The Morgan fingerprint density at radius 3 is 2.80 bits per heavy atom. The van der Waals surface area contributed by atoms with Gasteiger partial charge in [-0.25, -0.2) is 0 Å². The lowest BCUT2D eigenvalue weighted by Crippen LogP contribution is -2.64. The first-order valence-corrected chi connectivity index (χ1v) is 9.08. The van der Waals surface area contributed by atoms with Gasteiger partial charge in [-0.2, -0.15) is 0 Å². The topological polar surface area (TPSA) is 33.7 Å². The van der Waals surface area contributed by atoms with Gasteiger partial charge in [0.25, 0.3) is 0 Å². The van der Waals surface area contributed by atoms with E-state index in [1.807, 2.05) is 37.3 Å². The normalized spacial score (nSPS) is 24.2. The number of benzene rings is 2. The highest BCUT2D eigenvalue weighted by atomic mass is 32.1. The highest BCUT2D eigenvalue weighted by Gasteiger charge is 2.48. The van der Waals surface area contributed by atoms with Crippen LogP contribution in [0.5, 0.6) is 11.5 Å². The van der Waals surface area contributed by atoms with Crippen LogP contribution in [-0.2, 0) is 6.54 Å². The van der Waals surface area contributed by atoms with Gasteiger partial charge in [-0.05, 0) is 37.7 Å². The lowest BCUT2D eigenvalue weighted by Gasteiger charge is -2.52. The van der Waals surface area contributed by atoms with Crippen LogP contribution in [0, 0.1) is 0 Å². The average Bonchev–Trinajstić information content (AvgIpc) is 2.60. The van der Waals surface area contributed by atoms with Crippen LogP contribution in [-0.4, -0.2) is 22.3 Å². The predicted octanol–water partition coefficient (Wildman–Crippen LogP) is 4.02. The Morgan fingerprint density at radius 2 is 2.04 bits per heavy atom. The molecule has 0 amide bonds. The molecule has 1 saturated heterocycles. The Balaban J connectivity index is 1.71. The van der Waals surface area contributed by atoms with Crippen LogP contribution in [0.15, 0.2) is 48.5 Å². The van der Waals surface area contributed by atoms with Crippen LogP contribution in [0.25, 0.3) is 0 Å². The lowest BCUT2D eigenvalue weighted by molar-refractivity contribution is -0.0738. The van der Waals surface area contributed by atoms with Crippen LogP contribution < -0.4 is 14.8 Å². The number of fused-ring (bicyclic) bond motifs is 4. The molecule has 5 heteroatoms. The molecule has 1 N–H and O–H groups in total. The fourth-order valence-electron chi connectivity index (χ4n) is 3.68. The van der Waals surface area contributed by atoms with E-state index in [1.165, 1.54) is 5.56 Å². The summed E-state index contributed by atoms with van der Waals surface area (Å²) in [7, 11) is 0. The van der Waals surface area contributed by atoms with Crippen molar-refractivity contribution < 1.29 is 9.47 Å².